The van der Waals surface area contributed by atoms with Gasteiger partial charge in [-0.05, 0) is 57.5 Å². The lowest BCUT2D eigenvalue weighted by atomic mass is 9.93. The van der Waals surface area contributed by atoms with Crippen LogP contribution in [-0.4, -0.2) is 61.6 Å². The van der Waals surface area contributed by atoms with Crippen molar-refractivity contribution in [3.63, 3.8) is 0 Å². The Kier molecular flexibility index (Phi) is 4.81. The lowest BCUT2D eigenvalue weighted by Gasteiger charge is -2.32. The summed E-state index contributed by atoms with van der Waals surface area (Å²) >= 11 is 0. The second-order valence-corrected chi connectivity index (χ2v) is 6.78. The number of hydrogen-bond donors (Lipinski definition) is 1. The second-order valence-electron chi connectivity index (χ2n) is 6.78. The van der Waals surface area contributed by atoms with Gasteiger partial charge in [0.1, 0.15) is 0 Å². The highest BCUT2D eigenvalue weighted by molar-refractivity contribution is 5.80. The topological polar surface area (TPSA) is 30.9 Å². The monoisotopic (exact) mass is 278 g/mol. The molecule has 3 fully saturated rings. The van der Waals surface area contributed by atoms with Gasteiger partial charge in [-0.15, -0.1) is 0 Å². The molecule has 2 aliphatic heterocycles. The first kappa shape index (κ1) is 14.2. The van der Waals surface area contributed by atoms with E-state index in [1.165, 1.54) is 77.7 Å². The minimum Gasteiger partial charge on any atom is -0.354 e. The number of guanidine groups is 1. The smallest absolute Gasteiger partial charge is 0.193 e. The van der Waals surface area contributed by atoms with Crippen LogP contribution in [0.2, 0.25) is 0 Å². The fourth-order valence-electron chi connectivity index (χ4n) is 3.71. The van der Waals surface area contributed by atoms with Crippen molar-refractivity contribution in [3.05, 3.63) is 0 Å². The fraction of sp³-hybridized carbons (Fsp3) is 0.938. The van der Waals surface area contributed by atoms with Crippen LogP contribution in [0.4, 0.5) is 0 Å². The normalized spacial score (nSPS) is 29.6. The molecule has 0 spiro atoms. The highest BCUT2D eigenvalue weighted by atomic mass is 15.3. The van der Waals surface area contributed by atoms with E-state index in [1.807, 2.05) is 7.05 Å². The second kappa shape index (κ2) is 6.79. The molecule has 1 atom stereocenters. The molecule has 0 aromatic heterocycles. The van der Waals surface area contributed by atoms with Gasteiger partial charge in [0.05, 0.1) is 0 Å². The van der Waals surface area contributed by atoms with Crippen molar-refractivity contribution in [1.29, 1.82) is 0 Å². The van der Waals surface area contributed by atoms with E-state index in [-0.39, 0.29) is 0 Å². The van der Waals surface area contributed by atoms with Gasteiger partial charge in [-0.3, -0.25) is 4.99 Å². The van der Waals surface area contributed by atoms with E-state index in [2.05, 4.69) is 20.1 Å². The van der Waals surface area contributed by atoms with Crippen LogP contribution in [-0.2, 0) is 0 Å². The minimum absolute atomic E-state index is 0.690. The van der Waals surface area contributed by atoms with Crippen LogP contribution in [0, 0.1) is 5.92 Å². The molecule has 3 rings (SSSR count). The number of nitrogens with zero attached hydrogens (tertiary/aromatic N) is 3. The zero-order valence-electron chi connectivity index (χ0n) is 13.0. The SMILES string of the molecule is CN=C(NC1CCC1)N1CCC(CN2CCCCC2)C1. The van der Waals surface area contributed by atoms with E-state index in [9.17, 15) is 0 Å². The van der Waals surface area contributed by atoms with Gasteiger partial charge in [-0.1, -0.05) is 6.42 Å². The Bertz CT molecular complexity index is 331. The van der Waals surface area contributed by atoms with E-state index in [4.69, 9.17) is 0 Å². The van der Waals surface area contributed by atoms with Gasteiger partial charge in [0.2, 0.25) is 0 Å². The predicted molar refractivity (Wildman–Crippen MR) is 84.1 cm³/mol. The number of aliphatic imine (C=N–C) groups is 1. The van der Waals surface area contributed by atoms with Crippen LogP contribution in [0.3, 0.4) is 0 Å². The molecule has 1 unspecified atom stereocenters. The van der Waals surface area contributed by atoms with Crippen LogP contribution in [0.25, 0.3) is 0 Å². The molecule has 1 N–H and O–H groups in total. The predicted octanol–water partition coefficient (Wildman–Crippen LogP) is 1.92. The molecular formula is C16H30N4. The van der Waals surface area contributed by atoms with E-state index < -0.39 is 0 Å². The summed E-state index contributed by atoms with van der Waals surface area (Å²) in [6, 6.07) is 0.690. The summed E-state index contributed by atoms with van der Waals surface area (Å²) < 4.78 is 0. The number of hydrogen-bond acceptors (Lipinski definition) is 2. The van der Waals surface area contributed by atoms with Gasteiger partial charge in [-0.25, -0.2) is 0 Å². The Balaban J connectivity index is 1.45. The average molecular weight is 278 g/mol. The third-order valence-corrected chi connectivity index (χ3v) is 5.20. The summed E-state index contributed by atoms with van der Waals surface area (Å²) in [5.41, 5.74) is 0. The van der Waals surface area contributed by atoms with Crippen LogP contribution in [0.15, 0.2) is 4.99 Å². The standard InChI is InChI=1S/C16H30N4/c1-17-16(18-15-6-5-7-15)20-11-8-14(13-20)12-19-9-3-2-4-10-19/h14-15H,2-13H2,1H3,(H,17,18). The Morgan fingerprint density at radius 2 is 1.85 bits per heavy atom. The minimum atomic E-state index is 0.690. The summed E-state index contributed by atoms with van der Waals surface area (Å²) in [5, 5.41) is 3.63. The largest absolute Gasteiger partial charge is 0.354 e. The number of rotatable bonds is 3. The molecular weight excluding hydrogens is 248 g/mol. The zero-order chi connectivity index (χ0) is 13.8. The van der Waals surface area contributed by atoms with Crippen molar-refractivity contribution in [3.8, 4) is 0 Å². The van der Waals surface area contributed by atoms with Crippen LogP contribution in [0.5, 0.6) is 0 Å². The fourth-order valence-corrected chi connectivity index (χ4v) is 3.71. The van der Waals surface area contributed by atoms with E-state index >= 15 is 0 Å². The van der Waals surface area contributed by atoms with Gasteiger partial charge in [0.15, 0.2) is 5.96 Å². The van der Waals surface area contributed by atoms with Gasteiger partial charge in [-0.2, -0.15) is 0 Å². The van der Waals surface area contributed by atoms with Crippen molar-refractivity contribution in [2.75, 3.05) is 39.8 Å². The summed E-state index contributed by atoms with van der Waals surface area (Å²) in [6.45, 7) is 6.34. The molecule has 4 nitrogen and oxygen atoms in total. The van der Waals surface area contributed by atoms with Crippen LogP contribution < -0.4 is 5.32 Å². The molecule has 3 aliphatic rings. The molecule has 2 heterocycles. The molecule has 2 saturated heterocycles. The first-order valence-electron chi connectivity index (χ1n) is 8.56. The number of likely N-dealkylation sites (tertiary alicyclic amines) is 2. The molecule has 4 heteroatoms. The third kappa shape index (κ3) is 3.46. The third-order valence-electron chi connectivity index (χ3n) is 5.20. The molecule has 0 radical (unpaired) electrons. The Hall–Kier alpha value is -0.770. The Morgan fingerprint density at radius 1 is 1.05 bits per heavy atom. The molecule has 0 amide bonds. The van der Waals surface area contributed by atoms with E-state index in [0.717, 1.165) is 11.9 Å². The molecule has 0 bridgehead atoms. The van der Waals surface area contributed by atoms with Crippen LogP contribution >= 0.6 is 0 Å². The van der Waals surface area contributed by atoms with E-state index in [0.29, 0.717) is 6.04 Å². The molecule has 0 aromatic rings. The molecule has 114 valence electrons. The maximum absolute atomic E-state index is 4.49. The number of piperidine rings is 1. The van der Waals surface area contributed by atoms with Crippen molar-refractivity contribution < 1.29 is 0 Å². The molecule has 1 aliphatic carbocycles. The lowest BCUT2D eigenvalue weighted by molar-refractivity contribution is 0.198. The Morgan fingerprint density at radius 3 is 2.50 bits per heavy atom. The molecule has 1 saturated carbocycles. The maximum Gasteiger partial charge on any atom is 0.193 e. The lowest BCUT2D eigenvalue weighted by Crippen LogP contribution is -2.47. The van der Waals surface area contributed by atoms with Crippen molar-refractivity contribution in [2.24, 2.45) is 10.9 Å². The van der Waals surface area contributed by atoms with Crippen molar-refractivity contribution in [2.45, 2.75) is 51.0 Å². The molecule has 0 aromatic carbocycles. The van der Waals surface area contributed by atoms with Crippen molar-refractivity contribution >= 4 is 5.96 Å². The molecule has 20 heavy (non-hydrogen) atoms. The zero-order valence-corrected chi connectivity index (χ0v) is 13.0. The first-order valence-corrected chi connectivity index (χ1v) is 8.56. The van der Waals surface area contributed by atoms with Crippen LogP contribution in [0.1, 0.15) is 44.9 Å². The highest BCUT2D eigenvalue weighted by Gasteiger charge is 2.28. The van der Waals surface area contributed by atoms with Gasteiger partial charge >= 0.3 is 0 Å². The summed E-state index contributed by atoms with van der Waals surface area (Å²) in [4.78, 5) is 9.65. The summed E-state index contributed by atoms with van der Waals surface area (Å²) in [5.74, 6) is 1.99. The van der Waals surface area contributed by atoms with Gasteiger partial charge < -0.3 is 15.1 Å². The summed E-state index contributed by atoms with van der Waals surface area (Å²) in [6.07, 6.45) is 9.61. The average Bonchev–Trinajstić information content (AvgIpc) is 2.87. The number of nitrogens with one attached hydrogen (secondary N) is 1. The maximum atomic E-state index is 4.49. The van der Waals surface area contributed by atoms with Gasteiger partial charge in [0.25, 0.3) is 0 Å². The first-order chi connectivity index (χ1) is 9.85. The summed E-state index contributed by atoms with van der Waals surface area (Å²) in [7, 11) is 1.93. The highest BCUT2D eigenvalue weighted by Crippen LogP contribution is 2.22. The van der Waals surface area contributed by atoms with Crippen molar-refractivity contribution in [1.82, 2.24) is 15.1 Å². The quantitative estimate of drug-likeness (QED) is 0.632. The van der Waals surface area contributed by atoms with E-state index in [1.54, 1.807) is 0 Å². The van der Waals surface area contributed by atoms with Gasteiger partial charge in [0, 0.05) is 32.7 Å². The Labute approximate surface area is 123 Å².